The fourth-order valence-corrected chi connectivity index (χ4v) is 3.44. The molecule has 0 amide bonds. The van der Waals surface area contributed by atoms with Gasteiger partial charge in [0.15, 0.2) is 0 Å². The number of nitrogens with one attached hydrogen (secondary N) is 1. The van der Waals surface area contributed by atoms with Crippen LogP contribution in [0, 0.1) is 5.92 Å². The van der Waals surface area contributed by atoms with E-state index in [-0.39, 0.29) is 12.5 Å². The summed E-state index contributed by atoms with van der Waals surface area (Å²) in [5.74, 6) is -1.10. The minimum Gasteiger partial charge on any atom is -0.381 e. The van der Waals surface area contributed by atoms with Crippen molar-refractivity contribution in [3.05, 3.63) is 0 Å². The first-order valence-corrected chi connectivity index (χ1v) is 7.34. The Labute approximate surface area is 113 Å². The molecule has 2 unspecified atom stereocenters. The molecule has 0 bridgehead atoms. The van der Waals surface area contributed by atoms with Crippen molar-refractivity contribution >= 4 is 0 Å². The predicted octanol–water partition coefficient (Wildman–Crippen LogP) is 3.65. The maximum Gasteiger partial charge on any atom is 0.391 e. The van der Waals surface area contributed by atoms with Crippen molar-refractivity contribution in [1.82, 2.24) is 5.32 Å². The van der Waals surface area contributed by atoms with Crippen molar-refractivity contribution in [1.29, 1.82) is 0 Å². The molecule has 0 aromatic heterocycles. The third-order valence-electron chi connectivity index (χ3n) is 4.62. The lowest BCUT2D eigenvalue weighted by Crippen LogP contribution is -2.45. The van der Waals surface area contributed by atoms with Crippen molar-refractivity contribution in [2.75, 3.05) is 7.11 Å². The van der Waals surface area contributed by atoms with Crippen LogP contribution in [0.3, 0.4) is 0 Å². The summed E-state index contributed by atoms with van der Waals surface area (Å²) in [5.41, 5.74) is 0. The average molecular weight is 279 g/mol. The van der Waals surface area contributed by atoms with Gasteiger partial charge in [-0.2, -0.15) is 13.2 Å². The van der Waals surface area contributed by atoms with Crippen LogP contribution in [0.25, 0.3) is 0 Å². The molecule has 19 heavy (non-hydrogen) atoms. The molecular formula is C14H24F3NO. The summed E-state index contributed by atoms with van der Waals surface area (Å²) in [6.07, 6.45) is 2.53. The highest BCUT2D eigenvalue weighted by Crippen LogP contribution is 2.38. The van der Waals surface area contributed by atoms with Gasteiger partial charge >= 0.3 is 6.18 Å². The van der Waals surface area contributed by atoms with Crippen molar-refractivity contribution < 1.29 is 17.9 Å². The Bertz CT molecular complexity index is 274. The van der Waals surface area contributed by atoms with Gasteiger partial charge < -0.3 is 10.1 Å². The van der Waals surface area contributed by atoms with Crippen molar-refractivity contribution in [2.24, 2.45) is 5.92 Å². The molecule has 0 heterocycles. The van der Waals surface area contributed by atoms with Gasteiger partial charge in [0.1, 0.15) is 0 Å². The monoisotopic (exact) mass is 279 g/mol. The highest BCUT2D eigenvalue weighted by Gasteiger charge is 2.42. The Morgan fingerprint density at radius 2 is 1.63 bits per heavy atom. The summed E-state index contributed by atoms with van der Waals surface area (Å²) in [7, 11) is 1.73. The van der Waals surface area contributed by atoms with Gasteiger partial charge in [-0.15, -0.1) is 0 Å². The van der Waals surface area contributed by atoms with E-state index < -0.39 is 12.1 Å². The van der Waals surface area contributed by atoms with Gasteiger partial charge in [-0.05, 0) is 44.9 Å². The van der Waals surface area contributed by atoms with Crippen LogP contribution >= 0.6 is 0 Å². The zero-order chi connectivity index (χ0) is 13.9. The molecule has 2 atom stereocenters. The van der Waals surface area contributed by atoms with Gasteiger partial charge in [0.25, 0.3) is 0 Å². The summed E-state index contributed by atoms with van der Waals surface area (Å²) in [6.45, 7) is 0. The Balaban J connectivity index is 1.77. The molecule has 0 aromatic carbocycles. The first kappa shape index (κ1) is 15.1. The smallest absolute Gasteiger partial charge is 0.381 e. The lowest BCUT2D eigenvalue weighted by atomic mass is 9.84. The van der Waals surface area contributed by atoms with Crippen LogP contribution in [0.1, 0.15) is 51.4 Å². The number of halogens is 3. The molecule has 5 heteroatoms. The molecule has 2 rings (SSSR count). The molecule has 2 fully saturated rings. The second-order valence-electron chi connectivity index (χ2n) is 5.98. The number of hydrogen-bond donors (Lipinski definition) is 1. The summed E-state index contributed by atoms with van der Waals surface area (Å²) in [6, 6.07) is 0.424. The van der Waals surface area contributed by atoms with Crippen LogP contribution in [0.5, 0.6) is 0 Å². The number of ether oxygens (including phenoxy) is 1. The second kappa shape index (κ2) is 6.44. The zero-order valence-electron chi connectivity index (χ0n) is 11.5. The molecule has 2 nitrogen and oxygen atoms in total. The van der Waals surface area contributed by atoms with Crippen LogP contribution in [0.2, 0.25) is 0 Å². The third kappa shape index (κ3) is 4.35. The maximum atomic E-state index is 12.7. The fourth-order valence-electron chi connectivity index (χ4n) is 3.44. The molecule has 2 aliphatic carbocycles. The molecule has 0 aromatic rings. The molecule has 0 spiro atoms. The van der Waals surface area contributed by atoms with Gasteiger partial charge in [-0.25, -0.2) is 0 Å². The highest BCUT2D eigenvalue weighted by molar-refractivity contribution is 4.86. The zero-order valence-corrected chi connectivity index (χ0v) is 11.5. The van der Waals surface area contributed by atoms with Gasteiger partial charge in [0, 0.05) is 19.2 Å². The number of alkyl halides is 3. The summed E-state index contributed by atoms with van der Waals surface area (Å²) < 4.78 is 43.6. The molecular weight excluding hydrogens is 255 g/mol. The minimum absolute atomic E-state index is 0.0458. The van der Waals surface area contributed by atoms with E-state index >= 15 is 0 Å². The lowest BCUT2D eigenvalue weighted by molar-refractivity contribution is -0.184. The van der Waals surface area contributed by atoms with Crippen molar-refractivity contribution in [3.8, 4) is 0 Å². The van der Waals surface area contributed by atoms with Gasteiger partial charge in [0.05, 0.1) is 12.0 Å². The van der Waals surface area contributed by atoms with Crippen LogP contribution in [0.4, 0.5) is 13.2 Å². The maximum absolute atomic E-state index is 12.7. The fraction of sp³-hybridized carbons (Fsp3) is 1.00. The molecule has 0 saturated heterocycles. The first-order valence-electron chi connectivity index (χ1n) is 7.34. The van der Waals surface area contributed by atoms with E-state index in [1.165, 1.54) is 0 Å². The van der Waals surface area contributed by atoms with E-state index in [9.17, 15) is 13.2 Å². The Kier molecular flexibility index (Phi) is 5.12. The quantitative estimate of drug-likeness (QED) is 0.851. The third-order valence-corrected chi connectivity index (χ3v) is 4.62. The van der Waals surface area contributed by atoms with Crippen LogP contribution < -0.4 is 5.32 Å². The van der Waals surface area contributed by atoms with Crippen molar-refractivity contribution in [2.45, 2.75) is 75.7 Å². The topological polar surface area (TPSA) is 21.3 Å². The number of hydrogen-bond acceptors (Lipinski definition) is 2. The lowest BCUT2D eigenvalue weighted by Gasteiger charge is -2.36. The van der Waals surface area contributed by atoms with Crippen LogP contribution in [-0.2, 0) is 4.74 Å². The van der Waals surface area contributed by atoms with Gasteiger partial charge in [0.2, 0.25) is 0 Å². The minimum atomic E-state index is -4.02. The van der Waals surface area contributed by atoms with E-state index in [1.807, 2.05) is 0 Å². The van der Waals surface area contributed by atoms with Crippen LogP contribution in [-0.4, -0.2) is 31.5 Å². The molecule has 0 aliphatic heterocycles. The second-order valence-corrected chi connectivity index (χ2v) is 5.98. The van der Waals surface area contributed by atoms with Gasteiger partial charge in [-0.3, -0.25) is 0 Å². The molecule has 2 aliphatic rings. The predicted molar refractivity (Wildman–Crippen MR) is 68.0 cm³/mol. The van der Waals surface area contributed by atoms with E-state index in [0.717, 1.165) is 32.1 Å². The summed E-state index contributed by atoms with van der Waals surface area (Å²) >= 11 is 0. The Hall–Kier alpha value is -0.290. The van der Waals surface area contributed by atoms with Crippen LogP contribution in [0.15, 0.2) is 0 Å². The molecule has 112 valence electrons. The SMILES string of the molecule is COC1CCC(NC2CCCC(C(F)(F)F)C2)CC1. The highest BCUT2D eigenvalue weighted by atomic mass is 19.4. The van der Waals surface area contributed by atoms with E-state index in [0.29, 0.717) is 25.0 Å². The Morgan fingerprint density at radius 1 is 0.947 bits per heavy atom. The van der Waals surface area contributed by atoms with E-state index in [2.05, 4.69) is 5.32 Å². The van der Waals surface area contributed by atoms with Gasteiger partial charge in [-0.1, -0.05) is 6.42 Å². The average Bonchev–Trinajstić information content (AvgIpc) is 2.39. The summed E-state index contributed by atoms with van der Waals surface area (Å²) in [4.78, 5) is 0. The molecule has 1 N–H and O–H groups in total. The molecule has 2 saturated carbocycles. The van der Waals surface area contributed by atoms with E-state index in [1.54, 1.807) is 7.11 Å². The normalized spacial score (nSPS) is 37.3. The number of methoxy groups -OCH3 is 1. The molecule has 0 radical (unpaired) electrons. The number of rotatable bonds is 3. The Morgan fingerprint density at radius 3 is 2.21 bits per heavy atom. The van der Waals surface area contributed by atoms with E-state index in [4.69, 9.17) is 4.74 Å². The van der Waals surface area contributed by atoms with Crippen molar-refractivity contribution in [3.63, 3.8) is 0 Å². The standard InChI is InChI=1S/C14H24F3NO/c1-19-13-7-5-11(6-8-13)18-12-4-2-3-10(9-12)14(15,16)17/h10-13,18H,2-9H2,1H3. The largest absolute Gasteiger partial charge is 0.391 e. The first-order chi connectivity index (χ1) is 8.99. The summed E-state index contributed by atoms with van der Waals surface area (Å²) in [5, 5.41) is 3.45.